The van der Waals surface area contributed by atoms with E-state index in [9.17, 15) is 0 Å². The van der Waals surface area contributed by atoms with Crippen molar-refractivity contribution >= 4 is 0 Å². The van der Waals surface area contributed by atoms with Crippen LogP contribution in [0, 0.1) is 23.2 Å². The summed E-state index contributed by atoms with van der Waals surface area (Å²) in [6.07, 6.45) is 24.5. The summed E-state index contributed by atoms with van der Waals surface area (Å²) in [5, 5.41) is 3.83. The van der Waals surface area contributed by atoms with E-state index in [-0.39, 0.29) is 11.5 Å². The molecule has 0 aromatic carbocycles. The molecule has 0 aromatic heterocycles. The number of nitrogens with one attached hydrogen (secondary N) is 1. The van der Waals surface area contributed by atoms with Gasteiger partial charge in [-0.2, -0.15) is 0 Å². The fourth-order valence-corrected chi connectivity index (χ4v) is 5.46. The molecule has 0 saturated heterocycles. The second-order valence-electron chi connectivity index (χ2n) is 10.4. The molecular formula is C28H40N2. The van der Waals surface area contributed by atoms with Crippen LogP contribution in [0.4, 0.5) is 0 Å². The minimum Gasteiger partial charge on any atom is -0.359 e. The lowest BCUT2D eigenvalue weighted by Gasteiger charge is -2.40. The highest BCUT2D eigenvalue weighted by Crippen LogP contribution is 2.44. The fraction of sp³-hybridized carbons (Fsp3) is 0.571. The Labute approximate surface area is 183 Å². The van der Waals surface area contributed by atoms with Crippen LogP contribution >= 0.6 is 0 Å². The van der Waals surface area contributed by atoms with Crippen LogP contribution in [0.5, 0.6) is 0 Å². The summed E-state index contributed by atoms with van der Waals surface area (Å²) in [5.41, 5.74) is 13.9. The van der Waals surface area contributed by atoms with Crippen molar-refractivity contribution in [2.45, 2.75) is 78.7 Å². The Morgan fingerprint density at radius 3 is 2.57 bits per heavy atom. The average Bonchev–Trinajstić information content (AvgIpc) is 2.74. The molecule has 0 fully saturated rings. The summed E-state index contributed by atoms with van der Waals surface area (Å²) in [5.74, 6) is 2.03. The summed E-state index contributed by atoms with van der Waals surface area (Å²) in [6.45, 7) is 9.43. The fourth-order valence-electron chi connectivity index (χ4n) is 5.46. The van der Waals surface area contributed by atoms with E-state index in [1.54, 1.807) is 5.57 Å². The summed E-state index contributed by atoms with van der Waals surface area (Å²) in [4.78, 5) is 0. The molecule has 30 heavy (non-hydrogen) atoms. The van der Waals surface area contributed by atoms with Crippen LogP contribution < -0.4 is 11.1 Å². The standard InChI is InChI=1S/C28H40N2/c1-19-13-14-28(4,27(29)15-19)23-10-8-9-22(18-23)25-16-20(2)21(3)17-26(25)30-24-11-6-5-7-12-24/h6,10-14,18-21,27,30H,5,7-9,15-17,29H2,1-4H3. The number of hydrogen-bond donors (Lipinski definition) is 2. The monoisotopic (exact) mass is 404 g/mol. The molecule has 2 nitrogen and oxygen atoms in total. The Bertz CT molecular complexity index is 850. The van der Waals surface area contributed by atoms with Gasteiger partial charge in [-0.1, -0.05) is 64.2 Å². The van der Waals surface area contributed by atoms with Gasteiger partial charge >= 0.3 is 0 Å². The van der Waals surface area contributed by atoms with Crippen LogP contribution in [0.15, 0.2) is 70.6 Å². The minimum absolute atomic E-state index is 0.0471. The van der Waals surface area contributed by atoms with Gasteiger partial charge in [-0.15, -0.1) is 0 Å². The Morgan fingerprint density at radius 1 is 1.03 bits per heavy atom. The molecule has 2 heteroatoms. The van der Waals surface area contributed by atoms with Crippen molar-refractivity contribution in [2.24, 2.45) is 28.9 Å². The highest BCUT2D eigenvalue weighted by atomic mass is 14.9. The van der Waals surface area contributed by atoms with Gasteiger partial charge in [0.05, 0.1) is 0 Å². The van der Waals surface area contributed by atoms with Crippen molar-refractivity contribution < 1.29 is 0 Å². The zero-order valence-electron chi connectivity index (χ0n) is 19.4. The lowest BCUT2D eigenvalue weighted by molar-refractivity contribution is 0.332. The number of rotatable bonds is 4. The van der Waals surface area contributed by atoms with E-state index in [2.05, 4.69) is 75.5 Å². The molecule has 0 bridgehead atoms. The number of hydrogen-bond acceptors (Lipinski definition) is 2. The largest absolute Gasteiger partial charge is 0.359 e. The smallest absolute Gasteiger partial charge is 0.0338 e. The third kappa shape index (κ3) is 4.30. The lowest BCUT2D eigenvalue weighted by Crippen LogP contribution is -2.43. The first kappa shape index (κ1) is 21.4. The van der Waals surface area contributed by atoms with Crippen molar-refractivity contribution in [2.75, 3.05) is 0 Å². The molecule has 0 aromatic rings. The van der Waals surface area contributed by atoms with Crippen LogP contribution in [0.2, 0.25) is 0 Å². The van der Waals surface area contributed by atoms with Crippen molar-refractivity contribution in [3.05, 3.63) is 70.6 Å². The van der Waals surface area contributed by atoms with Gasteiger partial charge in [0.2, 0.25) is 0 Å². The third-order valence-corrected chi connectivity index (χ3v) is 7.96. The highest BCUT2D eigenvalue weighted by molar-refractivity contribution is 5.48. The summed E-state index contributed by atoms with van der Waals surface area (Å²) in [6, 6.07) is 0.189. The normalized spacial score (nSPS) is 36.9. The van der Waals surface area contributed by atoms with Crippen molar-refractivity contribution in [3.8, 4) is 0 Å². The molecule has 0 heterocycles. The molecule has 4 aliphatic carbocycles. The van der Waals surface area contributed by atoms with Gasteiger partial charge in [0, 0.05) is 22.9 Å². The zero-order valence-corrected chi connectivity index (χ0v) is 19.4. The van der Waals surface area contributed by atoms with Gasteiger partial charge < -0.3 is 11.1 Å². The highest BCUT2D eigenvalue weighted by Gasteiger charge is 2.37. The predicted octanol–water partition coefficient (Wildman–Crippen LogP) is 6.71. The average molecular weight is 405 g/mol. The van der Waals surface area contributed by atoms with E-state index in [1.165, 1.54) is 29.0 Å². The van der Waals surface area contributed by atoms with Crippen LogP contribution in [0.1, 0.15) is 72.6 Å². The maximum absolute atomic E-state index is 6.69. The molecule has 0 radical (unpaired) electrons. The van der Waals surface area contributed by atoms with Crippen molar-refractivity contribution in [3.63, 3.8) is 0 Å². The van der Waals surface area contributed by atoms with Gasteiger partial charge in [-0.05, 0) is 85.5 Å². The summed E-state index contributed by atoms with van der Waals surface area (Å²) in [7, 11) is 0. The molecule has 4 rings (SSSR count). The molecule has 0 amide bonds. The van der Waals surface area contributed by atoms with Gasteiger partial charge in [0.15, 0.2) is 0 Å². The van der Waals surface area contributed by atoms with E-state index in [0.29, 0.717) is 5.92 Å². The van der Waals surface area contributed by atoms with Crippen molar-refractivity contribution in [1.82, 2.24) is 5.32 Å². The van der Waals surface area contributed by atoms with Crippen LogP contribution in [-0.2, 0) is 0 Å². The Hall–Kier alpha value is -1.80. The molecule has 4 aliphatic rings. The van der Waals surface area contributed by atoms with Gasteiger partial charge in [0.25, 0.3) is 0 Å². The lowest BCUT2D eigenvalue weighted by atomic mass is 9.67. The second kappa shape index (κ2) is 8.75. The van der Waals surface area contributed by atoms with E-state index < -0.39 is 0 Å². The topological polar surface area (TPSA) is 38.0 Å². The van der Waals surface area contributed by atoms with Gasteiger partial charge in [0.1, 0.15) is 0 Å². The molecule has 0 saturated carbocycles. The summed E-state index contributed by atoms with van der Waals surface area (Å²) < 4.78 is 0. The molecule has 5 unspecified atom stereocenters. The zero-order chi connectivity index (χ0) is 21.3. The molecule has 0 aliphatic heterocycles. The first-order valence-electron chi connectivity index (χ1n) is 12.1. The minimum atomic E-state index is -0.0471. The molecule has 5 atom stereocenters. The first-order chi connectivity index (χ1) is 14.4. The van der Waals surface area contributed by atoms with E-state index in [0.717, 1.165) is 50.4 Å². The van der Waals surface area contributed by atoms with Gasteiger partial charge in [-0.3, -0.25) is 0 Å². The SMILES string of the molecule is CC1C=CC(C)(C2=CCCC(C3=C(NC4=CCCC=C4)CC(C)C(C)C3)=C2)C(N)C1. The van der Waals surface area contributed by atoms with E-state index in [1.807, 2.05) is 0 Å². The van der Waals surface area contributed by atoms with E-state index in [4.69, 9.17) is 5.73 Å². The molecule has 3 N–H and O–H groups in total. The maximum atomic E-state index is 6.69. The number of nitrogens with two attached hydrogens (primary N) is 1. The first-order valence-corrected chi connectivity index (χ1v) is 12.1. The number of allylic oxidation sites excluding steroid dienone is 9. The molecule has 0 spiro atoms. The van der Waals surface area contributed by atoms with Crippen LogP contribution in [0.3, 0.4) is 0 Å². The second-order valence-corrected chi connectivity index (χ2v) is 10.4. The maximum Gasteiger partial charge on any atom is 0.0338 e. The molecule has 162 valence electrons. The quantitative estimate of drug-likeness (QED) is 0.511. The van der Waals surface area contributed by atoms with Crippen LogP contribution in [-0.4, -0.2) is 6.04 Å². The van der Waals surface area contributed by atoms with Gasteiger partial charge in [-0.25, -0.2) is 0 Å². The van der Waals surface area contributed by atoms with Crippen molar-refractivity contribution in [1.29, 1.82) is 0 Å². The molecular weight excluding hydrogens is 364 g/mol. The summed E-state index contributed by atoms with van der Waals surface area (Å²) >= 11 is 0. The Morgan fingerprint density at radius 2 is 1.83 bits per heavy atom. The Balaban J connectivity index is 1.67. The predicted molar refractivity (Wildman–Crippen MR) is 129 cm³/mol. The van der Waals surface area contributed by atoms with Crippen LogP contribution in [0.25, 0.3) is 0 Å². The third-order valence-electron chi connectivity index (χ3n) is 7.96. The Kier molecular flexibility index (Phi) is 6.25. The van der Waals surface area contributed by atoms with E-state index >= 15 is 0 Å².